The summed E-state index contributed by atoms with van der Waals surface area (Å²) in [5, 5.41) is 2.73. The van der Waals surface area contributed by atoms with Crippen molar-refractivity contribution in [3.8, 4) is 5.95 Å². The van der Waals surface area contributed by atoms with E-state index in [0.29, 0.717) is 23.3 Å². The number of nitrogen functional groups attached to an aromatic ring is 1. The van der Waals surface area contributed by atoms with Gasteiger partial charge in [-0.25, -0.2) is 18.0 Å². The van der Waals surface area contributed by atoms with Crippen LogP contribution in [0.1, 0.15) is 37.4 Å². The fourth-order valence-corrected chi connectivity index (χ4v) is 5.69. The second-order valence-electron chi connectivity index (χ2n) is 8.10. The van der Waals surface area contributed by atoms with E-state index in [4.69, 9.17) is 5.73 Å². The lowest BCUT2D eigenvalue weighted by atomic mass is 9.87. The number of imidazole rings is 1. The first-order chi connectivity index (χ1) is 14.7. The first kappa shape index (κ1) is 21.1. The molecule has 2 heterocycles. The molecule has 3 aromatic rings. The van der Waals surface area contributed by atoms with Crippen LogP contribution in [0.2, 0.25) is 0 Å². The van der Waals surface area contributed by atoms with E-state index in [1.54, 1.807) is 13.0 Å². The van der Waals surface area contributed by atoms with Crippen molar-refractivity contribution in [2.24, 2.45) is 5.92 Å². The highest BCUT2D eigenvalue weighted by atomic mass is 32.2. The van der Waals surface area contributed by atoms with Crippen LogP contribution in [-0.4, -0.2) is 34.6 Å². The van der Waals surface area contributed by atoms with Gasteiger partial charge in [0.2, 0.25) is 11.9 Å². The third-order valence-corrected chi connectivity index (χ3v) is 7.61. The average Bonchev–Trinajstić information content (AvgIpc) is 3.08. The number of rotatable bonds is 6. The number of amides is 1. The molecule has 1 aliphatic carbocycles. The molecule has 4 rings (SSSR count). The Kier molecular flexibility index (Phi) is 5.34. The van der Waals surface area contributed by atoms with Crippen molar-refractivity contribution < 1.29 is 13.2 Å². The maximum atomic E-state index is 13.0. The van der Waals surface area contributed by atoms with Crippen LogP contribution < -0.4 is 16.6 Å². The molecule has 0 unspecified atom stereocenters. The largest absolute Gasteiger partial charge is 0.393 e. The van der Waals surface area contributed by atoms with E-state index in [-0.39, 0.29) is 34.1 Å². The van der Waals surface area contributed by atoms with Gasteiger partial charge in [0.25, 0.3) is 5.56 Å². The molecule has 1 amide bonds. The highest BCUT2D eigenvalue weighted by molar-refractivity contribution is 7.91. The zero-order valence-electron chi connectivity index (χ0n) is 17.4. The molecule has 0 radical (unpaired) electrons. The van der Waals surface area contributed by atoms with Crippen molar-refractivity contribution in [3.05, 3.63) is 45.9 Å². The van der Waals surface area contributed by atoms with E-state index in [9.17, 15) is 18.0 Å². The van der Waals surface area contributed by atoms with Crippen molar-refractivity contribution >= 4 is 32.5 Å². The molecule has 31 heavy (non-hydrogen) atoms. The van der Waals surface area contributed by atoms with E-state index in [0.717, 1.165) is 24.8 Å². The normalized spacial score (nSPS) is 14.5. The number of nitrogens with one attached hydrogen (secondary N) is 2. The van der Waals surface area contributed by atoms with Gasteiger partial charge in [-0.15, -0.1) is 0 Å². The van der Waals surface area contributed by atoms with E-state index in [2.05, 4.69) is 15.3 Å². The number of sulfone groups is 1. The minimum Gasteiger partial charge on any atom is -0.393 e. The third kappa shape index (κ3) is 4.07. The average molecular weight is 444 g/mol. The number of pyridine rings is 1. The molecular formula is C21H25N5O4S. The van der Waals surface area contributed by atoms with Gasteiger partial charge in [0, 0.05) is 19.2 Å². The van der Waals surface area contributed by atoms with Gasteiger partial charge < -0.3 is 16.0 Å². The van der Waals surface area contributed by atoms with Crippen molar-refractivity contribution in [2.75, 3.05) is 11.5 Å². The third-order valence-electron chi connectivity index (χ3n) is 5.69. The van der Waals surface area contributed by atoms with Crippen LogP contribution in [0.5, 0.6) is 0 Å². The van der Waals surface area contributed by atoms with Gasteiger partial charge >= 0.3 is 0 Å². The number of anilines is 1. The van der Waals surface area contributed by atoms with Gasteiger partial charge in [-0.05, 0) is 49.4 Å². The fourth-order valence-electron chi connectivity index (χ4n) is 3.78. The van der Waals surface area contributed by atoms with Crippen LogP contribution in [0.15, 0.2) is 34.0 Å². The minimum atomic E-state index is -3.64. The molecular weight excluding hydrogens is 418 g/mol. The number of hydrogen-bond donors (Lipinski definition) is 3. The Hall–Kier alpha value is -3.14. The molecule has 1 saturated carbocycles. The van der Waals surface area contributed by atoms with Crippen molar-refractivity contribution in [1.82, 2.24) is 19.9 Å². The van der Waals surface area contributed by atoms with Gasteiger partial charge in [-0.1, -0.05) is 12.5 Å². The number of fused-ring (bicyclic) bond motifs is 1. The predicted molar refractivity (Wildman–Crippen MR) is 118 cm³/mol. The summed E-state index contributed by atoms with van der Waals surface area (Å²) in [6.45, 7) is 3.47. The molecule has 9 nitrogen and oxygen atoms in total. The van der Waals surface area contributed by atoms with E-state index in [1.807, 2.05) is 12.1 Å². The zero-order chi connectivity index (χ0) is 22.3. The molecule has 0 saturated heterocycles. The number of carbonyl (C=O) groups is 1. The summed E-state index contributed by atoms with van der Waals surface area (Å²) in [6.07, 6.45) is 2.81. The Morgan fingerprint density at radius 3 is 2.71 bits per heavy atom. The number of aryl methyl sites for hydroxylation is 1. The van der Waals surface area contributed by atoms with Crippen molar-refractivity contribution in [2.45, 2.75) is 44.6 Å². The predicted octanol–water partition coefficient (Wildman–Crippen LogP) is 1.81. The lowest BCUT2D eigenvalue weighted by molar-refractivity contribution is -0.119. The second kappa shape index (κ2) is 7.84. The maximum Gasteiger partial charge on any atom is 0.282 e. The van der Waals surface area contributed by atoms with E-state index < -0.39 is 15.4 Å². The number of aromatic amines is 1. The van der Waals surface area contributed by atoms with Crippen LogP contribution in [-0.2, 0) is 21.2 Å². The van der Waals surface area contributed by atoms with Crippen molar-refractivity contribution in [3.63, 3.8) is 0 Å². The summed E-state index contributed by atoms with van der Waals surface area (Å²) in [5.41, 5.74) is 7.70. The number of H-pyrrole nitrogens is 1. The molecule has 164 valence electrons. The topological polar surface area (TPSA) is 140 Å². The summed E-state index contributed by atoms with van der Waals surface area (Å²) < 4.78 is 26.9. The Bertz CT molecular complexity index is 1340. The van der Waals surface area contributed by atoms with Gasteiger partial charge in [-0.3, -0.25) is 9.59 Å². The molecule has 0 atom stereocenters. The van der Waals surface area contributed by atoms with Crippen LogP contribution in [0.25, 0.3) is 17.0 Å². The van der Waals surface area contributed by atoms with Gasteiger partial charge in [-0.2, -0.15) is 0 Å². The Labute approximate surface area is 179 Å². The van der Waals surface area contributed by atoms with E-state index in [1.165, 1.54) is 17.6 Å². The zero-order valence-corrected chi connectivity index (χ0v) is 18.3. The summed E-state index contributed by atoms with van der Waals surface area (Å²) in [7, 11) is -3.64. The first-order valence-electron chi connectivity index (χ1n) is 10.1. The fraction of sp³-hybridized carbons (Fsp3) is 0.381. The smallest absolute Gasteiger partial charge is 0.282 e. The molecule has 1 aromatic carbocycles. The van der Waals surface area contributed by atoms with Gasteiger partial charge in [0.1, 0.15) is 5.69 Å². The molecule has 4 N–H and O–H groups in total. The molecule has 1 aliphatic rings. The highest BCUT2D eigenvalue weighted by Crippen LogP contribution is 2.31. The minimum absolute atomic E-state index is 0.0157. The van der Waals surface area contributed by atoms with Gasteiger partial charge in [0.05, 0.1) is 21.7 Å². The Balaban J connectivity index is 1.72. The Morgan fingerprint density at radius 2 is 2.06 bits per heavy atom. The monoisotopic (exact) mass is 443 g/mol. The molecule has 0 spiro atoms. The van der Waals surface area contributed by atoms with Crippen LogP contribution in [0.3, 0.4) is 0 Å². The number of nitrogens with two attached hydrogens (primary N) is 1. The molecule has 10 heteroatoms. The lowest BCUT2D eigenvalue weighted by Crippen LogP contribution is -2.29. The number of benzene rings is 1. The SMILES string of the molecule is CC(=O)NCc1ccc2nc(-n3c(C)cc(S(=O)(=O)CC4CCC4)c(N)c3=O)[nH]c2c1. The van der Waals surface area contributed by atoms with Crippen LogP contribution in [0.4, 0.5) is 5.69 Å². The molecule has 2 aromatic heterocycles. The lowest BCUT2D eigenvalue weighted by Gasteiger charge is -2.25. The van der Waals surface area contributed by atoms with Crippen molar-refractivity contribution in [1.29, 1.82) is 0 Å². The van der Waals surface area contributed by atoms with Crippen LogP contribution in [0, 0.1) is 12.8 Å². The highest BCUT2D eigenvalue weighted by Gasteiger charge is 2.29. The standard InChI is InChI=1S/C21H25N5O4S/c1-12-8-18(31(29,30)11-14-4-3-5-14)19(22)20(28)26(12)21-24-16-7-6-15(9-17(16)25-21)10-23-13(2)27/h6-9,14H,3-5,10-11,22H2,1-2H3,(H,23,27)(H,24,25). The summed E-state index contributed by atoms with van der Waals surface area (Å²) in [5.74, 6) is 0.273. The first-order valence-corrected chi connectivity index (χ1v) is 11.8. The Morgan fingerprint density at radius 1 is 1.32 bits per heavy atom. The molecule has 1 fully saturated rings. The summed E-state index contributed by atoms with van der Waals surface area (Å²) in [6, 6.07) is 6.90. The molecule has 0 bridgehead atoms. The second-order valence-corrected chi connectivity index (χ2v) is 10.1. The quantitative estimate of drug-likeness (QED) is 0.531. The summed E-state index contributed by atoms with van der Waals surface area (Å²) >= 11 is 0. The number of nitrogens with zero attached hydrogens (tertiary/aromatic N) is 2. The van der Waals surface area contributed by atoms with Gasteiger partial charge in [0.15, 0.2) is 9.84 Å². The number of aromatic nitrogens is 3. The molecule has 0 aliphatic heterocycles. The number of carbonyl (C=O) groups excluding carboxylic acids is 1. The number of hydrogen-bond acceptors (Lipinski definition) is 6. The maximum absolute atomic E-state index is 13.0. The van der Waals surface area contributed by atoms with Crippen LogP contribution >= 0.6 is 0 Å². The van der Waals surface area contributed by atoms with E-state index >= 15 is 0 Å². The summed E-state index contributed by atoms with van der Waals surface area (Å²) in [4.78, 5) is 31.6.